The molecule has 0 aliphatic carbocycles. The Morgan fingerprint density at radius 3 is 2.54 bits per heavy atom. The summed E-state index contributed by atoms with van der Waals surface area (Å²) in [5, 5.41) is 10.8. The molecular weight excluding hydrogens is 332 g/mol. The van der Waals surface area contributed by atoms with Crippen LogP contribution in [0.15, 0.2) is 16.8 Å². The lowest BCUT2D eigenvalue weighted by molar-refractivity contribution is -0.134. The first kappa shape index (κ1) is 17.9. The van der Waals surface area contributed by atoms with Gasteiger partial charge in [0, 0.05) is 5.54 Å². The molecule has 0 spiro atoms. The van der Waals surface area contributed by atoms with Crippen molar-refractivity contribution < 1.29 is 19.2 Å². The van der Waals surface area contributed by atoms with Crippen molar-refractivity contribution in [1.29, 1.82) is 0 Å². The van der Waals surface area contributed by atoms with Crippen molar-refractivity contribution >= 4 is 35.2 Å². The first-order valence-electron chi connectivity index (χ1n) is 7.32. The maximum atomic E-state index is 12.6. The number of nitrogens with zero attached hydrogens (tertiary/aromatic N) is 1. The van der Waals surface area contributed by atoms with E-state index in [0.717, 1.165) is 4.90 Å². The maximum absolute atomic E-state index is 12.6. The summed E-state index contributed by atoms with van der Waals surface area (Å²) in [6, 6.07) is 0.392. The SMILES string of the molecule is CC(C)(C)NC(=O)NC(=O)CN1C(=O)NC(C)(c2ccsc2)C1=O. The molecule has 1 aliphatic rings. The summed E-state index contributed by atoms with van der Waals surface area (Å²) in [5.41, 5.74) is -1.06. The minimum atomic E-state index is -1.20. The Kier molecular flexibility index (Phi) is 4.66. The van der Waals surface area contributed by atoms with Gasteiger partial charge in [0.1, 0.15) is 12.1 Å². The average molecular weight is 352 g/mol. The van der Waals surface area contributed by atoms with Crippen LogP contribution in [0.25, 0.3) is 0 Å². The molecule has 0 aromatic carbocycles. The van der Waals surface area contributed by atoms with Gasteiger partial charge in [-0.15, -0.1) is 0 Å². The van der Waals surface area contributed by atoms with Crippen molar-refractivity contribution in [3.63, 3.8) is 0 Å². The minimum Gasteiger partial charge on any atom is -0.333 e. The van der Waals surface area contributed by atoms with Crippen LogP contribution in [0.5, 0.6) is 0 Å². The summed E-state index contributed by atoms with van der Waals surface area (Å²) in [5.74, 6) is -1.27. The predicted octanol–water partition coefficient (Wildman–Crippen LogP) is 1.14. The first-order valence-corrected chi connectivity index (χ1v) is 8.26. The monoisotopic (exact) mass is 352 g/mol. The zero-order valence-electron chi connectivity index (χ0n) is 13.9. The average Bonchev–Trinajstić information content (AvgIpc) is 3.01. The van der Waals surface area contributed by atoms with Gasteiger partial charge in [-0.25, -0.2) is 9.59 Å². The van der Waals surface area contributed by atoms with Gasteiger partial charge in [-0.3, -0.25) is 19.8 Å². The van der Waals surface area contributed by atoms with Crippen LogP contribution in [-0.4, -0.2) is 40.9 Å². The third-order valence-electron chi connectivity index (χ3n) is 3.42. The topological polar surface area (TPSA) is 108 Å². The largest absolute Gasteiger partial charge is 0.333 e. The molecule has 1 unspecified atom stereocenters. The van der Waals surface area contributed by atoms with E-state index in [0.29, 0.717) is 5.56 Å². The standard InChI is InChI=1S/C15H20N4O4S/c1-14(2,3)17-12(22)16-10(20)7-19-11(21)15(4,18-13(19)23)9-5-6-24-8-9/h5-6,8H,7H2,1-4H3,(H,18,23)(H2,16,17,20,22). The lowest BCUT2D eigenvalue weighted by atomic mass is 9.95. The predicted molar refractivity (Wildman–Crippen MR) is 88.3 cm³/mol. The Morgan fingerprint density at radius 1 is 1.33 bits per heavy atom. The number of amides is 6. The Morgan fingerprint density at radius 2 is 2.00 bits per heavy atom. The van der Waals surface area contributed by atoms with E-state index < -0.39 is 41.5 Å². The molecule has 2 heterocycles. The highest BCUT2D eigenvalue weighted by molar-refractivity contribution is 7.08. The van der Waals surface area contributed by atoms with Crippen LogP contribution in [0.3, 0.4) is 0 Å². The van der Waals surface area contributed by atoms with E-state index in [1.807, 2.05) is 0 Å². The molecule has 0 radical (unpaired) electrons. The first-order chi connectivity index (χ1) is 11.0. The quantitative estimate of drug-likeness (QED) is 0.709. The van der Waals surface area contributed by atoms with Gasteiger partial charge in [0.05, 0.1) is 0 Å². The molecule has 9 heteroatoms. The molecular formula is C15H20N4O4S. The molecule has 1 saturated heterocycles. The molecule has 1 aromatic rings. The van der Waals surface area contributed by atoms with E-state index >= 15 is 0 Å². The summed E-state index contributed by atoms with van der Waals surface area (Å²) in [6.07, 6.45) is 0. The van der Waals surface area contributed by atoms with Crippen LogP contribution in [0.4, 0.5) is 9.59 Å². The van der Waals surface area contributed by atoms with E-state index in [2.05, 4.69) is 16.0 Å². The Labute approximate surface area is 143 Å². The van der Waals surface area contributed by atoms with E-state index in [1.54, 1.807) is 44.5 Å². The zero-order valence-corrected chi connectivity index (χ0v) is 14.7. The summed E-state index contributed by atoms with van der Waals surface area (Å²) >= 11 is 1.40. The highest BCUT2D eigenvalue weighted by Crippen LogP contribution is 2.29. The zero-order chi connectivity index (χ0) is 18.1. The molecule has 6 amide bonds. The lowest BCUT2D eigenvalue weighted by Gasteiger charge is -2.21. The molecule has 1 aliphatic heterocycles. The number of nitrogens with one attached hydrogen (secondary N) is 3. The van der Waals surface area contributed by atoms with Gasteiger partial charge in [0.25, 0.3) is 5.91 Å². The summed E-state index contributed by atoms with van der Waals surface area (Å²) in [4.78, 5) is 49.0. The van der Waals surface area contributed by atoms with Crippen molar-refractivity contribution in [2.75, 3.05) is 6.54 Å². The second-order valence-electron chi connectivity index (χ2n) is 6.71. The fourth-order valence-corrected chi connectivity index (χ4v) is 3.03. The second kappa shape index (κ2) is 6.23. The summed E-state index contributed by atoms with van der Waals surface area (Å²) in [6.45, 7) is 6.35. The van der Waals surface area contributed by atoms with Crippen molar-refractivity contribution in [3.05, 3.63) is 22.4 Å². The van der Waals surface area contributed by atoms with Crippen LogP contribution < -0.4 is 16.0 Å². The fraction of sp³-hybridized carbons (Fsp3) is 0.467. The van der Waals surface area contributed by atoms with Gasteiger partial charge >= 0.3 is 12.1 Å². The number of thiophene rings is 1. The van der Waals surface area contributed by atoms with Crippen LogP contribution in [0.1, 0.15) is 33.3 Å². The highest BCUT2D eigenvalue weighted by atomic mass is 32.1. The number of carbonyl (C=O) groups excluding carboxylic acids is 4. The van der Waals surface area contributed by atoms with Crippen LogP contribution in [0, 0.1) is 0 Å². The minimum absolute atomic E-state index is 0.511. The number of imide groups is 2. The van der Waals surface area contributed by atoms with E-state index in [1.165, 1.54) is 11.3 Å². The molecule has 3 N–H and O–H groups in total. The van der Waals surface area contributed by atoms with Crippen molar-refractivity contribution in [1.82, 2.24) is 20.9 Å². The van der Waals surface area contributed by atoms with E-state index in [4.69, 9.17) is 0 Å². The van der Waals surface area contributed by atoms with Crippen LogP contribution in [-0.2, 0) is 15.1 Å². The van der Waals surface area contributed by atoms with Crippen LogP contribution in [0.2, 0.25) is 0 Å². The fourth-order valence-electron chi connectivity index (χ4n) is 2.27. The van der Waals surface area contributed by atoms with Gasteiger partial charge < -0.3 is 10.6 Å². The number of hydrogen-bond acceptors (Lipinski definition) is 5. The van der Waals surface area contributed by atoms with Gasteiger partial charge in [-0.1, -0.05) is 0 Å². The van der Waals surface area contributed by atoms with Crippen molar-refractivity contribution in [3.8, 4) is 0 Å². The van der Waals surface area contributed by atoms with Crippen molar-refractivity contribution in [2.45, 2.75) is 38.8 Å². The number of hydrogen-bond donors (Lipinski definition) is 3. The van der Waals surface area contributed by atoms with Gasteiger partial charge in [0.2, 0.25) is 5.91 Å². The Balaban J connectivity index is 2.03. The smallest absolute Gasteiger partial charge is 0.325 e. The van der Waals surface area contributed by atoms with Gasteiger partial charge in [-0.2, -0.15) is 11.3 Å². The van der Waals surface area contributed by atoms with Crippen molar-refractivity contribution in [2.24, 2.45) is 0 Å². The molecule has 8 nitrogen and oxygen atoms in total. The molecule has 130 valence electrons. The van der Waals surface area contributed by atoms with E-state index in [9.17, 15) is 19.2 Å². The third-order valence-corrected chi connectivity index (χ3v) is 4.10. The Hall–Kier alpha value is -2.42. The molecule has 2 rings (SSSR count). The third kappa shape index (κ3) is 3.73. The van der Waals surface area contributed by atoms with E-state index in [-0.39, 0.29) is 0 Å². The Bertz CT molecular complexity index is 680. The number of rotatable bonds is 3. The number of carbonyl (C=O) groups is 4. The molecule has 1 atom stereocenters. The lowest BCUT2D eigenvalue weighted by Crippen LogP contribution is -2.51. The normalized spacial score (nSPS) is 20.8. The maximum Gasteiger partial charge on any atom is 0.325 e. The molecule has 1 aromatic heterocycles. The molecule has 0 saturated carbocycles. The summed E-state index contributed by atoms with van der Waals surface area (Å²) in [7, 11) is 0. The van der Waals surface area contributed by atoms with Gasteiger partial charge in [0.15, 0.2) is 0 Å². The van der Waals surface area contributed by atoms with Gasteiger partial charge in [-0.05, 0) is 50.1 Å². The number of urea groups is 2. The highest BCUT2D eigenvalue weighted by Gasteiger charge is 2.49. The van der Waals surface area contributed by atoms with Crippen LogP contribution >= 0.6 is 11.3 Å². The second-order valence-corrected chi connectivity index (χ2v) is 7.49. The molecule has 24 heavy (non-hydrogen) atoms. The molecule has 0 bridgehead atoms. The molecule has 1 fully saturated rings. The summed E-state index contributed by atoms with van der Waals surface area (Å²) < 4.78 is 0.